The minimum Gasteiger partial charge on any atom is -0.491 e. The molecule has 1 N–H and O–H groups in total. The molecule has 1 fully saturated rings. The number of nitrogens with one attached hydrogen (secondary N) is 1. The summed E-state index contributed by atoms with van der Waals surface area (Å²) < 4.78 is 29.3. The van der Waals surface area contributed by atoms with E-state index in [0.717, 1.165) is 25.0 Å². The molecule has 0 aliphatic carbocycles. The van der Waals surface area contributed by atoms with E-state index in [2.05, 4.69) is 5.32 Å². The van der Waals surface area contributed by atoms with Crippen molar-refractivity contribution in [2.45, 2.75) is 38.4 Å². The maximum absolute atomic E-state index is 12.9. The van der Waals surface area contributed by atoms with Crippen molar-refractivity contribution in [2.75, 3.05) is 19.8 Å². The van der Waals surface area contributed by atoms with Crippen molar-refractivity contribution < 1.29 is 28.2 Å². The van der Waals surface area contributed by atoms with E-state index in [-0.39, 0.29) is 17.8 Å². The van der Waals surface area contributed by atoms with Crippen LogP contribution in [0.4, 0.5) is 4.39 Å². The third kappa shape index (κ3) is 6.56. The summed E-state index contributed by atoms with van der Waals surface area (Å²) in [6.45, 7) is 3.14. The number of benzene rings is 2. The molecular weight excluding hydrogens is 389 g/mol. The van der Waals surface area contributed by atoms with E-state index in [4.69, 9.17) is 14.2 Å². The van der Waals surface area contributed by atoms with Gasteiger partial charge in [0.2, 0.25) is 0 Å². The van der Waals surface area contributed by atoms with Gasteiger partial charge in [-0.25, -0.2) is 9.18 Å². The summed E-state index contributed by atoms with van der Waals surface area (Å²) in [5.74, 6) is -0.622. The zero-order valence-electron chi connectivity index (χ0n) is 16.9. The molecule has 1 heterocycles. The first-order valence-electron chi connectivity index (χ1n) is 10.1. The molecule has 2 aromatic carbocycles. The summed E-state index contributed by atoms with van der Waals surface area (Å²) in [5.41, 5.74) is 1.24. The Bertz CT molecular complexity index is 832. The van der Waals surface area contributed by atoms with Gasteiger partial charge >= 0.3 is 5.97 Å². The standard InChI is InChI=1S/C23H26FNO5/c1-16(22(26)25-13-12-17-4-8-19(24)9-5-17)30-23(27)18-6-10-20(11-7-18)29-15-21-3-2-14-28-21/h4-11,16,21H,2-3,12-15H2,1H3,(H,25,26)/t16-,21-/m0/s1. The molecule has 0 aromatic heterocycles. The molecule has 0 radical (unpaired) electrons. The van der Waals surface area contributed by atoms with Gasteiger partial charge in [-0.2, -0.15) is 0 Å². The van der Waals surface area contributed by atoms with Crippen LogP contribution in [-0.4, -0.2) is 43.8 Å². The molecule has 1 amide bonds. The minimum atomic E-state index is -0.929. The highest BCUT2D eigenvalue weighted by Crippen LogP contribution is 2.17. The first kappa shape index (κ1) is 21.8. The number of hydrogen-bond donors (Lipinski definition) is 1. The van der Waals surface area contributed by atoms with Crippen LogP contribution in [0.15, 0.2) is 48.5 Å². The second-order valence-electron chi connectivity index (χ2n) is 7.19. The SMILES string of the molecule is C[C@H](OC(=O)c1ccc(OC[C@@H]2CCCO2)cc1)C(=O)NCCc1ccc(F)cc1. The first-order valence-corrected chi connectivity index (χ1v) is 10.1. The third-order valence-corrected chi connectivity index (χ3v) is 4.83. The van der Waals surface area contributed by atoms with Gasteiger partial charge in [-0.05, 0) is 68.1 Å². The molecule has 0 unspecified atom stereocenters. The molecule has 3 rings (SSSR count). The molecule has 6 nitrogen and oxygen atoms in total. The molecule has 160 valence electrons. The lowest BCUT2D eigenvalue weighted by Gasteiger charge is -2.14. The Balaban J connectivity index is 1.40. The Kier molecular flexibility index (Phi) is 7.79. The van der Waals surface area contributed by atoms with E-state index in [1.54, 1.807) is 36.4 Å². The summed E-state index contributed by atoms with van der Waals surface area (Å²) >= 11 is 0. The molecule has 1 saturated heterocycles. The summed E-state index contributed by atoms with van der Waals surface area (Å²) in [6, 6.07) is 12.7. The molecule has 2 atom stereocenters. The lowest BCUT2D eigenvalue weighted by Crippen LogP contribution is -2.36. The largest absolute Gasteiger partial charge is 0.491 e. The number of rotatable bonds is 9. The van der Waals surface area contributed by atoms with Gasteiger partial charge in [0.05, 0.1) is 11.7 Å². The van der Waals surface area contributed by atoms with Crippen molar-refractivity contribution in [1.82, 2.24) is 5.32 Å². The van der Waals surface area contributed by atoms with E-state index in [1.807, 2.05) is 0 Å². The van der Waals surface area contributed by atoms with Crippen LogP contribution in [-0.2, 0) is 20.7 Å². The van der Waals surface area contributed by atoms with Crippen LogP contribution in [0.5, 0.6) is 5.75 Å². The van der Waals surface area contributed by atoms with Crippen LogP contribution >= 0.6 is 0 Å². The van der Waals surface area contributed by atoms with E-state index in [0.29, 0.717) is 30.9 Å². The number of ether oxygens (including phenoxy) is 3. The van der Waals surface area contributed by atoms with Crippen molar-refractivity contribution in [1.29, 1.82) is 0 Å². The molecule has 0 spiro atoms. The summed E-state index contributed by atoms with van der Waals surface area (Å²) in [7, 11) is 0. The summed E-state index contributed by atoms with van der Waals surface area (Å²) in [4.78, 5) is 24.4. The highest BCUT2D eigenvalue weighted by Gasteiger charge is 2.19. The Morgan fingerprint density at radius 2 is 1.90 bits per heavy atom. The maximum Gasteiger partial charge on any atom is 0.338 e. The molecule has 1 aliphatic heterocycles. The predicted octanol–water partition coefficient (Wildman–Crippen LogP) is 3.29. The quantitative estimate of drug-likeness (QED) is 0.637. The second-order valence-corrected chi connectivity index (χ2v) is 7.19. The number of halogens is 1. The maximum atomic E-state index is 12.9. The van der Waals surface area contributed by atoms with Crippen LogP contribution in [0.1, 0.15) is 35.7 Å². The normalized spacial score (nSPS) is 16.7. The van der Waals surface area contributed by atoms with Gasteiger partial charge in [0.25, 0.3) is 5.91 Å². The van der Waals surface area contributed by atoms with E-state index in [9.17, 15) is 14.0 Å². The van der Waals surface area contributed by atoms with Gasteiger partial charge in [0.15, 0.2) is 6.10 Å². The van der Waals surface area contributed by atoms with E-state index < -0.39 is 12.1 Å². The van der Waals surface area contributed by atoms with Crippen LogP contribution in [0.3, 0.4) is 0 Å². The molecule has 1 aliphatic rings. The van der Waals surface area contributed by atoms with Gasteiger partial charge in [-0.1, -0.05) is 12.1 Å². The van der Waals surface area contributed by atoms with Gasteiger partial charge in [0.1, 0.15) is 18.2 Å². The van der Waals surface area contributed by atoms with E-state index >= 15 is 0 Å². The monoisotopic (exact) mass is 415 g/mol. The average Bonchev–Trinajstić information content (AvgIpc) is 3.27. The van der Waals surface area contributed by atoms with Crippen molar-refractivity contribution in [2.24, 2.45) is 0 Å². The van der Waals surface area contributed by atoms with Crippen molar-refractivity contribution in [3.63, 3.8) is 0 Å². The van der Waals surface area contributed by atoms with Gasteiger partial charge in [0, 0.05) is 13.2 Å². The van der Waals surface area contributed by atoms with Crippen molar-refractivity contribution in [3.8, 4) is 5.75 Å². The zero-order chi connectivity index (χ0) is 21.3. The number of hydrogen-bond acceptors (Lipinski definition) is 5. The number of carbonyl (C=O) groups is 2. The summed E-state index contributed by atoms with van der Waals surface area (Å²) in [5, 5.41) is 2.71. The Morgan fingerprint density at radius 3 is 2.57 bits per heavy atom. The number of amides is 1. The molecular formula is C23H26FNO5. The topological polar surface area (TPSA) is 73.9 Å². The highest BCUT2D eigenvalue weighted by molar-refractivity contribution is 5.92. The number of esters is 1. The lowest BCUT2D eigenvalue weighted by atomic mass is 10.1. The van der Waals surface area contributed by atoms with Gasteiger partial charge in [-0.15, -0.1) is 0 Å². The zero-order valence-corrected chi connectivity index (χ0v) is 16.9. The summed E-state index contributed by atoms with van der Waals surface area (Å²) in [6.07, 6.45) is 1.80. The van der Waals surface area contributed by atoms with E-state index in [1.165, 1.54) is 19.1 Å². The molecule has 30 heavy (non-hydrogen) atoms. The van der Waals surface area contributed by atoms with Crippen LogP contribution in [0.2, 0.25) is 0 Å². The molecule has 0 bridgehead atoms. The minimum absolute atomic E-state index is 0.122. The Morgan fingerprint density at radius 1 is 1.17 bits per heavy atom. The molecule has 7 heteroatoms. The smallest absolute Gasteiger partial charge is 0.338 e. The second kappa shape index (κ2) is 10.7. The van der Waals surface area contributed by atoms with Gasteiger partial charge < -0.3 is 19.5 Å². The van der Waals surface area contributed by atoms with Crippen molar-refractivity contribution >= 4 is 11.9 Å². The Hall–Kier alpha value is -2.93. The van der Waals surface area contributed by atoms with Crippen LogP contribution < -0.4 is 10.1 Å². The fraction of sp³-hybridized carbons (Fsp3) is 0.391. The molecule has 0 saturated carbocycles. The van der Waals surface area contributed by atoms with Gasteiger partial charge in [-0.3, -0.25) is 4.79 Å². The van der Waals surface area contributed by atoms with Crippen molar-refractivity contribution in [3.05, 3.63) is 65.5 Å². The fourth-order valence-corrected chi connectivity index (χ4v) is 3.06. The third-order valence-electron chi connectivity index (χ3n) is 4.83. The van der Waals surface area contributed by atoms with Crippen LogP contribution in [0.25, 0.3) is 0 Å². The average molecular weight is 415 g/mol. The number of carbonyl (C=O) groups excluding carboxylic acids is 2. The highest BCUT2D eigenvalue weighted by atomic mass is 19.1. The predicted molar refractivity (Wildman–Crippen MR) is 109 cm³/mol. The molecule has 2 aromatic rings. The fourth-order valence-electron chi connectivity index (χ4n) is 3.06. The Labute approximate surface area is 175 Å². The lowest BCUT2D eigenvalue weighted by molar-refractivity contribution is -0.129. The van der Waals surface area contributed by atoms with Crippen LogP contribution in [0, 0.1) is 5.82 Å². The first-order chi connectivity index (χ1) is 14.5.